The number of ether oxygens (including phenoxy) is 4. The Morgan fingerprint density at radius 1 is 1.05 bits per heavy atom. The van der Waals surface area contributed by atoms with Crippen LogP contribution in [0.4, 0.5) is 23.8 Å². The summed E-state index contributed by atoms with van der Waals surface area (Å²) in [6, 6.07) is 4.92. The van der Waals surface area contributed by atoms with Crippen LogP contribution in [0.2, 0.25) is 0 Å². The second-order valence-electron chi connectivity index (χ2n) is 16.3. The van der Waals surface area contributed by atoms with E-state index in [0.717, 1.165) is 13.0 Å². The van der Waals surface area contributed by atoms with Crippen molar-refractivity contribution in [3.63, 3.8) is 0 Å². The molecule has 2 N–H and O–H groups in total. The number of amides is 2. The molecular weight excluding hydrogens is 743 g/mol. The van der Waals surface area contributed by atoms with Crippen molar-refractivity contribution in [2.75, 3.05) is 51.6 Å². The van der Waals surface area contributed by atoms with Crippen LogP contribution in [-0.2, 0) is 9.47 Å². The maximum atomic E-state index is 17.6. The number of terminal acetylenes is 1. The lowest BCUT2D eigenvalue weighted by Crippen LogP contribution is -2.57. The van der Waals surface area contributed by atoms with Gasteiger partial charge in [-0.2, -0.15) is 9.97 Å². The third kappa shape index (κ3) is 6.90. The van der Waals surface area contributed by atoms with E-state index < -0.39 is 46.6 Å². The van der Waals surface area contributed by atoms with Crippen molar-refractivity contribution in [2.45, 2.75) is 82.3 Å². The number of aromatic nitrogens is 3. The lowest BCUT2D eigenvalue weighted by Gasteiger charge is -2.42. The topological polar surface area (TPSA) is 145 Å². The molecule has 0 radical (unpaired) electrons. The van der Waals surface area contributed by atoms with Crippen molar-refractivity contribution in [1.82, 2.24) is 24.8 Å². The van der Waals surface area contributed by atoms with Gasteiger partial charge in [0, 0.05) is 44.1 Å². The zero-order valence-corrected chi connectivity index (χ0v) is 32.2. The quantitative estimate of drug-likeness (QED) is 0.164. The molecule has 4 aliphatic rings. The average molecular weight is 788 g/mol. The summed E-state index contributed by atoms with van der Waals surface area (Å²) in [4.78, 5) is 46.3. The van der Waals surface area contributed by atoms with Crippen molar-refractivity contribution >= 4 is 39.5 Å². The van der Waals surface area contributed by atoms with E-state index in [2.05, 4.69) is 20.8 Å². The molecule has 0 saturated carbocycles. The number of rotatable bonds is 9. The van der Waals surface area contributed by atoms with Gasteiger partial charge in [-0.3, -0.25) is 14.6 Å². The van der Waals surface area contributed by atoms with Gasteiger partial charge in [0.1, 0.15) is 52.7 Å². The van der Waals surface area contributed by atoms with Crippen LogP contribution >= 0.6 is 0 Å². The minimum Gasteiger partial charge on any atom is -0.468 e. The summed E-state index contributed by atoms with van der Waals surface area (Å²) in [5.41, 5.74) is 3.53. The number of alkyl halides is 1. The fourth-order valence-electron chi connectivity index (χ4n) is 9.07. The molecular formula is C41H44F3N7O6. The van der Waals surface area contributed by atoms with E-state index in [1.807, 2.05) is 4.90 Å². The van der Waals surface area contributed by atoms with Gasteiger partial charge in [-0.05, 0) is 76.6 Å². The predicted molar refractivity (Wildman–Crippen MR) is 205 cm³/mol. The van der Waals surface area contributed by atoms with E-state index in [-0.39, 0.29) is 95.7 Å². The summed E-state index contributed by atoms with van der Waals surface area (Å²) in [5, 5.41) is 0.487. The number of hydrogen-bond donors (Lipinski definition) is 1. The van der Waals surface area contributed by atoms with Crippen molar-refractivity contribution in [1.29, 1.82) is 0 Å². The number of benzene rings is 2. The first-order valence-corrected chi connectivity index (χ1v) is 19.0. The summed E-state index contributed by atoms with van der Waals surface area (Å²) in [7, 11) is 1.43. The number of carbonyl (C=O) groups excluding carboxylic acids is 2. The highest BCUT2D eigenvalue weighted by Crippen LogP contribution is 2.43. The lowest BCUT2D eigenvalue weighted by atomic mass is 9.95. The summed E-state index contributed by atoms with van der Waals surface area (Å²) in [6.45, 7) is 6.85. The maximum Gasteiger partial charge on any atom is 0.410 e. The zero-order chi connectivity index (χ0) is 40.4. The van der Waals surface area contributed by atoms with Crippen molar-refractivity contribution < 1.29 is 41.7 Å². The van der Waals surface area contributed by atoms with Gasteiger partial charge < -0.3 is 29.6 Å². The fourth-order valence-corrected chi connectivity index (χ4v) is 9.07. The number of anilines is 1. The third-order valence-electron chi connectivity index (χ3n) is 11.4. The molecule has 2 amide bonds. The largest absolute Gasteiger partial charge is 0.468 e. The van der Waals surface area contributed by atoms with Gasteiger partial charge >= 0.3 is 12.1 Å². The van der Waals surface area contributed by atoms with E-state index in [4.69, 9.17) is 36.1 Å². The number of nitrogens with two attached hydrogens (primary N) is 1. The Morgan fingerprint density at radius 3 is 2.49 bits per heavy atom. The second-order valence-corrected chi connectivity index (χ2v) is 16.3. The summed E-state index contributed by atoms with van der Waals surface area (Å²) in [6.07, 6.45) is 7.56. The monoisotopic (exact) mass is 787 g/mol. The predicted octanol–water partition coefficient (Wildman–Crippen LogP) is 5.73. The van der Waals surface area contributed by atoms with Crippen LogP contribution in [-0.4, -0.2) is 113 Å². The Kier molecular flexibility index (Phi) is 9.80. The highest BCUT2D eigenvalue weighted by atomic mass is 19.1. The molecule has 6 heterocycles. The molecule has 2 aromatic heterocycles. The van der Waals surface area contributed by atoms with Crippen LogP contribution in [0.3, 0.4) is 0 Å². The van der Waals surface area contributed by atoms with Gasteiger partial charge in [0.05, 0.1) is 28.6 Å². The first-order chi connectivity index (χ1) is 27.2. The number of methoxy groups -OCH3 is 1. The van der Waals surface area contributed by atoms with Crippen molar-refractivity contribution in [3.8, 4) is 35.4 Å². The number of halogens is 3. The van der Waals surface area contributed by atoms with Crippen molar-refractivity contribution in [3.05, 3.63) is 47.2 Å². The first-order valence-electron chi connectivity index (χ1n) is 19.0. The number of piperazine rings is 1. The van der Waals surface area contributed by atoms with Crippen LogP contribution in [0, 0.1) is 24.0 Å². The molecule has 2 bridgehead atoms. The van der Waals surface area contributed by atoms with Crippen LogP contribution < -0.4 is 20.1 Å². The van der Waals surface area contributed by atoms with Gasteiger partial charge in [-0.1, -0.05) is 12.0 Å². The van der Waals surface area contributed by atoms with Crippen molar-refractivity contribution in [2.24, 2.45) is 5.73 Å². The Hall–Kier alpha value is -5.40. The highest BCUT2D eigenvalue weighted by Gasteiger charge is 2.50. The summed E-state index contributed by atoms with van der Waals surface area (Å²) < 4.78 is 70.4. The average Bonchev–Trinajstić information content (AvgIpc) is 3.78. The molecule has 4 aliphatic heterocycles. The van der Waals surface area contributed by atoms with Crippen LogP contribution in [0.25, 0.3) is 32.9 Å². The number of carbonyl (C=O) groups is 2. The Balaban J connectivity index is 1.31. The molecule has 13 nitrogen and oxygen atoms in total. The highest BCUT2D eigenvalue weighted by molar-refractivity contribution is 6.10. The molecule has 4 aromatic rings. The van der Waals surface area contributed by atoms with Gasteiger partial charge in [-0.25, -0.2) is 22.9 Å². The molecule has 57 heavy (non-hydrogen) atoms. The molecule has 4 fully saturated rings. The third-order valence-corrected chi connectivity index (χ3v) is 11.4. The zero-order valence-electron chi connectivity index (χ0n) is 32.2. The van der Waals surface area contributed by atoms with E-state index in [9.17, 15) is 14.0 Å². The van der Waals surface area contributed by atoms with Gasteiger partial charge in [0.2, 0.25) is 0 Å². The molecule has 4 atom stereocenters. The minimum atomic E-state index is -1.01. The number of hydrogen-bond acceptors (Lipinski definition) is 11. The van der Waals surface area contributed by atoms with Gasteiger partial charge in [0.15, 0.2) is 12.6 Å². The first kappa shape index (κ1) is 38.5. The molecule has 8 rings (SSSR count). The van der Waals surface area contributed by atoms with Crippen LogP contribution in [0.15, 0.2) is 24.3 Å². The summed E-state index contributed by atoms with van der Waals surface area (Å²) in [5.74, 6) is 0.0127. The standard InChI is InChI=1S/C41H44F3N7O6/c1-6-27-29(43)11-8-22-14-26(56-21-54-5)15-28(30(22)27)33-32(44)34-31(35(46-33)36(45)52)37(48-38(47-34)55-20-41-12-7-13-50(41)17-23(42)16-41)49-18-24-9-10-25(19-49)51(24)39(53)57-40(2,3)4/h1,8,11,14-15,23-25H,7,9-10,12-13,16-21H2,2-5H3,(H2,45,52)/t23-,24-,25+,41+/m1/s1. The molecule has 4 saturated heterocycles. The molecule has 0 spiro atoms. The Morgan fingerprint density at radius 2 is 1.81 bits per heavy atom. The molecule has 16 heteroatoms. The molecule has 0 aliphatic carbocycles. The van der Waals surface area contributed by atoms with Crippen LogP contribution in [0.5, 0.6) is 11.8 Å². The number of primary amides is 1. The van der Waals surface area contributed by atoms with Gasteiger partial charge in [-0.15, -0.1) is 6.42 Å². The van der Waals surface area contributed by atoms with E-state index >= 15 is 8.78 Å². The lowest BCUT2D eigenvalue weighted by molar-refractivity contribution is 0.0122. The van der Waals surface area contributed by atoms with E-state index in [1.54, 1.807) is 31.7 Å². The van der Waals surface area contributed by atoms with E-state index in [0.29, 0.717) is 31.2 Å². The molecule has 0 unspecified atom stereocenters. The normalized spacial score (nSPS) is 23.2. The fraction of sp³-hybridized carbons (Fsp3) is 0.488. The smallest absolute Gasteiger partial charge is 0.410 e. The van der Waals surface area contributed by atoms with Gasteiger partial charge in [0.25, 0.3) is 5.91 Å². The second kappa shape index (κ2) is 14.5. The maximum absolute atomic E-state index is 17.6. The Labute approximate surface area is 327 Å². The molecule has 300 valence electrons. The number of nitrogens with zero attached hydrogens (tertiary/aromatic N) is 6. The molecule has 2 aromatic carbocycles. The number of fused-ring (bicyclic) bond motifs is 5. The van der Waals surface area contributed by atoms with E-state index in [1.165, 1.54) is 25.3 Å². The SMILES string of the molecule is C#Cc1c(F)ccc2cc(OCOC)cc(-c3nc(C(N)=O)c4c(N5C[C@H]6CC[C@@H](C5)N6C(=O)OC(C)(C)C)nc(OC[C@@]56CCCN5C[C@H](F)C6)nc4c3F)c12. The summed E-state index contributed by atoms with van der Waals surface area (Å²) >= 11 is 0. The minimum absolute atomic E-state index is 0.0139. The van der Waals surface area contributed by atoms with Crippen LogP contribution in [0.1, 0.15) is 68.9 Å². The Bertz CT molecular complexity index is 2320. The number of pyridine rings is 1.